The fraction of sp³-hybridized carbons (Fsp3) is 0.440. The van der Waals surface area contributed by atoms with Crippen molar-refractivity contribution in [3.05, 3.63) is 71.8 Å². The van der Waals surface area contributed by atoms with E-state index in [1.807, 2.05) is 13.8 Å². The fourth-order valence-corrected chi connectivity index (χ4v) is 2.92. The van der Waals surface area contributed by atoms with Gasteiger partial charge in [-0.25, -0.2) is 9.59 Å². The van der Waals surface area contributed by atoms with E-state index in [2.05, 4.69) is 13.8 Å². The number of hydrogen-bond donors (Lipinski definition) is 4. The molecule has 2 rings (SSSR count). The SMILES string of the molecule is CCC(O)C(CC)C(O)CC(C)C.O=C(O)c1ccccc1.O=C(O)c1ccccc1. The van der Waals surface area contributed by atoms with Crippen molar-refractivity contribution in [1.82, 2.24) is 0 Å². The number of hydrogen-bond acceptors (Lipinski definition) is 4. The van der Waals surface area contributed by atoms with Crippen molar-refractivity contribution in [2.45, 2.75) is 59.2 Å². The zero-order chi connectivity index (χ0) is 23.8. The molecule has 0 heterocycles. The highest BCUT2D eigenvalue weighted by Gasteiger charge is 2.24. The van der Waals surface area contributed by atoms with E-state index in [0.717, 1.165) is 19.3 Å². The number of carboxylic acids is 2. The third kappa shape index (κ3) is 12.6. The zero-order valence-electron chi connectivity index (χ0n) is 18.8. The van der Waals surface area contributed by atoms with Gasteiger partial charge in [-0.3, -0.25) is 0 Å². The molecule has 0 saturated carbocycles. The Balaban J connectivity index is 0.000000445. The third-order valence-corrected chi connectivity index (χ3v) is 4.63. The third-order valence-electron chi connectivity index (χ3n) is 4.63. The summed E-state index contributed by atoms with van der Waals surface area (Å²) in [5, 5.41) is 36.2. The molecule has 2 aromatic rings. The maximum absolute atomic E-state index is 10.2. The van der Waals surface area contributed by atoms with Crippen LogP contribution in [0.4, 0.5) is 0 Å². The molecule has 0 bridgehead atoms. The summed E-state index contributed by atoms with van der Waals surface area (Å²) in [7, 11) is 0. The van der Waals surface area contributed by atoms with Crippen LogP contribution in [-0.4, -0.2) is 44.6 Å². The smallest absolute Gasteiger partial charge is 0.335 e. The van der Waals surface area contributed by atoms with Crippen LogP contribution < -0.4 is 0 Å². The first-order valence-corrected chi connectivity index (χ1v) is 10.6. The van der Waals surface area contributed by atoms with Crippen molar-refractivity contribution in [2.75, 3.05) is 0 Å². The van der Waals surface area contributed by atoms with Crippen LogP contribution in [0.15, 0.2) is 60.7 Å². The highest BCUT2D eigenvalue weighted by Crippen LogP contribution is 2.21. The van der Waals surface area contributed by atoms with Crippen molar-refractivity contribution in [3.63, 3.8) is 0 Å². The topological polar surface area (TPSA) is 115 Å². The summed E-state index contributed by atoms with van der Waals surface area (Å²) in [6.07, 6.45) is 1.67. The van der Waals surface area contributed by atoms with Crippen LogP contribution >= 0.6 is 0 Å². The Kier molecular flexibility index (Phi) is 14.7. The average molecular weight is 433 g/mol. The van der Waals surface area contributed by atoms with Crippen LogP contribution in [0.25, 0.3) is 0 Å². The first-order valence-electron chi connectivity index (χ1n) is 10.6. The normalized spacial score (nSPS) is 13.0. The molecule has 6 nitrogen and oxygen atoms in total. The molecule has 0 aliphatic carbocycles. The molecule has 2 aromatic carbocycles. The summed E-state index contributed by atoms with van der Waals surface area (Å²) in [5.74, 6) is -1.22. The lowest BCUT2D eigenvalue weighted by molar-refractivity contribution is -0.000768. The van der Waals surface area contributed by atoms with Gasteiger partial charge in [0.15, 0.2) is 0 Å². The minimum atomic E-state index is -0.879. The average Bonchev–Trinajstić information content (AvgIpc) is 2.75. The highest BCUT2D eigenvalue weighted by molar-refractivity contribution is 5.87. The number of aliphatic hydroxyl groups is 2. The van der Waals surface area contributed by atoms with Crippen molar-refractivity contribution in [1.29, 1.82) is 0 Å². The van der Waals surface area contributed by atoms with E-state index in [0.29, 0.717) is 17.0 Å². The molecule has 172 valence electrons. The van der Waals surface area contributed by atoms with Gasteiger partial charge < -0.3 is 20.4 Å². The lowest BCUT2D eigenvalue weighted by atomic mass is 9.87. The van der Waals surface area contributed by atoms with Gasteiger partial charge in [-0.2, -0.15) is 0 Å². The standard InChI is InChI=1S/C11H24O2.2C7H6O2/c1-5-9(10(12)6-2)11(13)7-8(3)4;2*8-7(9)6-4-2-1-3-5-6/h8-13H,5-7H2,1-4H3;2*1-5H,(H,8,9). The lowest BCUT2D eigenvalue weighted by Crippen LogP contribution is -2.31. The van der Waals surface area contributed by atoms with Gasteiger partial charge in [-0.05, 0) is 49.4 Å². The maximum Gasteiger partial charge on any atom is 0.335 e. The summed E-state index contributed by atoms with van der Waals surface area (Å²) < 4.78 is 0. The molecule has 0 aromatic heterocycles. The maximum atomic E-state index is 10.2. The summed E-state index contributed by atoms with van der Waals surface area (Å²) in [6.45, 7) is 8.16. The van der Waals surface area contributed by atoms with Crippen molar-refractivity contribution < 1.29 is 30.0 Å². The van der Waals surface area contributed by atoms with Gasteiger partial charge in [0, 0.05) is 5.92 Å². The molecule has 0 spiro atoms. The van der Waals surface area contributed by atoms with Gasteiger partial charge in [0.05, 0.1) is 23.3 Å². The van der Waals surface area contributed by atoms with Crippen LogP contribution in [0.2, 0.25) is 0 Å². The fourth-order valence-electron chi connectivity index (χ4n) is 2.92. The zero-order valence-corrected chi connectivity index (χ0v) is 18.8. The molecule has 0 amide bonds. The second-order valence-corrected chi connectivity index (χ2v) is 7.59. The van der Waals surface area contributed by atoms with E-state index in [1.165, 1.54) is 0 Å². The van der Waals surface area contributed by atoms with Crippen molar-refractivity contribution in [3.8, 4) is 0 Å². The summed E-state index contributed by atoms with van der Waals surface area (Å²) >= 11 is 0. The van der Waals surface area contributed by atoms with E-state index in [9.17, 15) is 19.8 Å². The van der Waals surface area contributed by atoms with E-state index >= 15 is 0 Å². The number of aromatic carboxylic acids is 2. The molecule has 3 unspecified atom stereocenters. The Labute approximate surface area is 185 Å². The van der Waals surface area contributed by atoms with E-state index < -0.39 is 11.9 Å². The number of rotatable bonds is 8. The molecule has 6 heteroatoms. The summed E-state index contributed by atoms with van der Waals surface area (Å²) in [6, 6.07) is 16.6. The number of carbonyl (C=O) groups is 2. The van der Waals surface area contributed by atoms with E-state index in [-0.39, 0.29) is 18.1 Å². The Morgan fingerprint density at radius 1 is 0.710 bits per heavy atom. The first-order chi connectivity index (χ1) is 14.6. The van der Waals surface area contributed by atoms with Gasteiger partial charge in [-0.1, -0.05) is 64.1 Å². The molecule has 31 heavy (non-hydrogen) atoms. The quantitative estimate of drug-likeness (QED) is 0.469. The van der Waals surface area contributed by atoms with Gasteiger partial charge in [0.2, 0.25) is 0 Å². The molecular formula is C25H36O6. The minimum absolute atomic E-state index is 0.0485. The second kappa shape index (κ2) is 16.1. The van der Waals surface area contributed by atoms with Gasteiger partial charge >= 0.3 is 11.9 Å². The van der Waals surface area contributed by atoms with Gasteiger partial charge in [0.25, 0.3) is 0 Å². The van der Waals surface area contributed by atoms with Gasteiger partial charge in [0.1, 0.15) is 0 Å². The number of aliphatic hydroxyl groups excluding tert-OH is 2. The van der Waals surface area contributed by atoms with Crippen LogP contribution in [-0.2, 0) is 0 Å². The predicted molar refractivity (Wildman–Crippen MR) is 122 cm³/mol. The van der Waals surface area contributed by atoms with Crippen molar-refractivity contribution in [2.24, 2.45) is 11.8 Å². The van der Waals surface area contributed by atoms with E-state index in [4.69, 9.17) is 10.2 Å². The molecule has 0 saturated heterocycles. The van der Waals surface area contributed by atoms with Gasteiger partial charge in [-0.15, -0.1) is 0 Å². The summed E-state index contributed by atoms with van der Waals surface area (Å²) in [5.41, 5.74) is 0.662. The Bertz CT molecular complexity index is 681. The molecular weight excluding hydrogens is 396 g/mol. The molecule has 0 radical (unpaired) electrons. The summed E-state index contributed by atoms with van der Waals surface area (Å²) in [4.78, 5) is 20.4. The van der Waals surface area contributed by atoms with Crippen LogP contribution in [0.1, 0.15) is 67.7 Å². The monoisotopic (exact) mass is 432 g/mol. The number of benzene rings is 2. The number of carboxylic acid groups (broad SMARTS) is 2. The van der Waals surface area contributed by atoms with Crippen LogP contribution in [0.3, 0.4) is 0 Å². The largest absolute Gasteiger partial charge is 0.478 e. The van der Waals surface area contributed by atoms with E-state index in [1.54, 1.807) is 60.7 Å². The molecule has 0 fully saturated rings. The molecule has 3 atom stereocenters. The van der Waals surface area contributed by atoms with Crippen LogP contribution in [0.5, 0.6) is 0 Å². The van der Waals surface area contributed by atoms with Crippen molar-refractivity contribution >= 4 is 11.9 Å². The Hall–Kier alpha value is -2.70. The highest BCUT2D eigenvalue weighted by atomic mass is 16.4. The predicted octanol–water partition coefficient (Wildman–Crippen LogP) is 4.96. The lowest BCUT2D eigenvalue weighted by Gasteiger charge is -2.26. The second-order valence-electron chi connectivity index (χ2n) is 7.59. The Morgan fingerprint density at radius 2 is 1.10 bits per heavy atom. The Morgan fingerprint density at radius 3 is 1.32 bits per heavy atom. The van der Waals surface area contributed by atoms with Crippen LogP contribution in [0, 0.1) is 11.8 Å². The molecule has 0 aliphatic rings. The minimum Gasteiger partial charge on any atom is -0.478 e. The molecule has 0 aliphatic heterocycles. The first kappa shape index (κ1) is 28.3. The molecule has 4 N–H and O–H groups in total.